The lowest BCUT2D eigenvalue weighted by atomic mass is 10.0. The van der Waals surface area contributed by atoms with Crippen molar-refractivity contribution in [3.63, 3.8) is 0 Å². The maximum atomic E-state index is 15.3. The molecule has 1 fully saturated rings. The molecule has 42 heavy (non-hydrogen) atoms. The predicted molar refractivity (Wildman–Crippen MR) is 155 cm³/mol. The molecule has 0 bridgehead atoms. The minimum atomic E-state index is -3.97. The number of alkyl halides is 2. The molecule has 0 amide bonds. The molecular weight excluding hydrogens is 615 g/mol. The Kier molecular flexibility index (Phi) is 8.52. The summed E-state index contributed by atoms with van der Waals surface area (Å²) in [6.45, 7) is 0.470. The third kappa shape index (κ3) is 6.88. The summed E-state index contributed by atoms with van der Waals surface area (Å²) < 4.78 is 91.3. The van der Waals surface area contributed by atoms with Crippen molar-refractivity contribution in [1.82, 2.24) is 14.3 Å². The number of rotatable bonds is 8. The van der Waals surface area contributed by atoms with Crippen molar-refractivity contribution in [1.29, 1.82) is 0 Å². The largest absolute Gasteiger partial charge is 0.351 e. The fourth-order valence-electron chi connectivity index (χ4n) is 5.01. The van der Waals surface area contributed by atoms with E-state index in [1.807, 2.05) is 0 Å². The number of hydrogen-bond donors (Lipinski definition) is 1. The van der Waals surface area contributed by atoms with Gasteiger partial charge in [-0.2, -0.15) is 4.98 Å². The van der Waals surface area contributed by atoms with E-state index in [1.165, 1.54) is 53.2 Å². The van der Waals surface area contributed by atoms with Gasteiger partial charge in [0.05, 0.1) is 11.2 Å². The Morgan fingerprint density at radius 2 is 1.79 bits per heavy atom. The van der Waals surface area contributed by atoms with Gasteiger partial charge in [-0.15, -0.1) is 0 Å². The predicted octanol–water partition coefficient (Wildman–Crippen LogP) is 4.71. The molecule has 2 aliphatic heterocycles. The average Bonchev–Trinajstić information content (AvgIpc) is 2.93. The summed E-state index contributed by atoms with van der Waals surface area (Å²) >= 11 is 0. The number of benzene rings is 2. The van der Waals surface area contributed by atoms with Crippen molar-refractivity contribution in [2.24, 2.45) is 0 Å². The maximum Gasteiger partial charge on any atom is 0.261 e. The van der Waals surface area contributed by atoms with Crippen LogP contribution < -0.4 is 10.2 Å². The number of anilines is 2. The fourth-order valence-corrected chi connectivity index (χ4v) is 6.68. The topological polar surface area (TPSA) is 113 Å². The molecule has 1 N–H and O–H groups in total. The second kappa shape index (κ2) is 11.8. The third-order valence-corrected chi connectivity index (χ3v) is 9.86. The smallest absolute Gasteiger partial charge is 0.261 e. The number of nitrogens with zero attached hydrogens (tertiary/aromatic N) is 4. The summed E-state index contributed by atoms with van der Waals surface area (Å²) in [6.07, 6.45) is 2.31. The van der Waals surface area contributed by atoms with Gasteiger partial charge in [-0.1, -0.05) is 24.3 Å². The molecule has 0 atom stereocenters. The summed E-state index contributed by atoms with van der Waals surface area (Å²) in [5.74, 6) is 0.00995. The van der Waals surface area contributed by atoms with Crippen molar-refractivity contribution in [3.8, 4) is 11.1 Å². The second-order valence-electron chi connectivity index (χ2n) is 10.2. The highest BCUT2D eigenvalue weighted by atomic mass is 35.7. The molecule has 0 radical (unpaired) electrons. The van der Waals surface area contributed by atoms with E-state index in [-0.39, 0.29) is 41.1 Å². The maximum absolute atomic E-state index is 15.3. The third-order valence-electron chi connectivity index (χ3n) is 7.21. The summed E-state index contributed by atoms with van der Waals surface area (Å²) in [4.78, 5) is 10.3. The highest BCUT2D eigenvalue weighted by Crippen LogP contribution is 2.33. The molecule has 224 valence electrons. The number of piperidine rings is 1. The molecule has 2 aromatic carbocycles. The van der Waals surface area contributed by atoms with Gasteiger partial charge in [0.1, 0.15) is 11.6 Å². The van der Waals surface area contributed by atoms with E-state index in [4.69, 9.17) is 10.7 Å². The number of hydrogen-bond acceptors (Lipinski definition) is 8. The van der Waals surface area contributed by atoms with Crippen molar-refractivity contribution >= 4 is 47.6 Å². The summed E-state index contributed by atoms with van der Waals surface area (Å²) in [7, 11) is -1.80. The fraction of sp³-hybridized carbons (Fsp3) is 0.333. The minimum absolute atomic E-state index is 0.0670. The van der Waals surface area contributed by atoms with Crippen LogP contribution in [0.5, 0.6) is 0 Å². The molecule has 5 rings (SSSR count). The van der Waals surface area contributed by atoms with Gasteiger partial charge < -0.3 is 10.2 Å². The van der Waals surface area contributed by atoms with E-state index >= 15 is 4.39 Å². The van der Waals surface area contributed by atoms with Crippen LogP contribution in [0.3, 0.4) is 0 Å². The Morgan fingerprint density at radius 3 is 2.43 bits per heavy atom. The van der Waals surface area contributed by atoms with Gasteiger partial charge in [-0.05, 0) is 48.2 Å². The summed E-state index contributed by atoms with van der Waals surface area (Å²) in [5.41, 5.74) is 1.30. The van der Waals surface area contributed by atoms with E-state index in [0.29, 0.717) is 48.4 Å². The number of halogens is 4. The van der Waals surface area contributed by atoms with Gasteiger partial charge in [-0.3, -0.25) is 0 Å². The minimum Gasteiger partial charge on any atom is -0.351 e. The molecule has 3 heterocycles. The molecule has 15 heteroatoms. The lowest BCUT2D eigenvalue weighted by Gasteiger charge is -2.32. The Bertz CT molecular complexity index is 1750. The van der Waals surface area contributed by atoms with Crippen molar-refractivity contribution in [3.05, 3.63) is 71.2 Å². The molecule has 1 saturated heterocycles. The van der Waals surface area contributed by atoms with Crippen molar-refractivity contribution < 1.29 is 30.0 Å². The zero-order valence-electron chi connectivity index (χ0n) is 22.3. The molecule has 3 aromatic rings. The van der Waals surface area contributed by atoms with Gasteiger partial charge in [-0.25, -0.2) is 39.3 Å². The lowest BCUT2D eigenvalue weighted by molar-refractivity contribution is 0.188. The van der Waals surface area contributed by atoms with E-state index in [9.17, 15) is 25.6 Å². The molecule has 0 saturated carbocycles. The number of sulfonamides is 1. The first-order valence-electron chi connectivity index (χ1n) is 12.9. The average molecular weight is 642 g/mol. The standard InChI is InChI=1S/C27H27ClF3N5O4S2/c1-41(37,38)36-9-7-22(8-10-36)33-27-32-14-20-11-21(25(30)31)16-35(26(20)34-27)15-19-6-5-18(13-24(19)29)17-3-2-4-23(12-17)42(28,39)40/h2-6,11-14,22,25H,7-10,15-16H2,1H3,(H,32,33,34). The number of fused-ring (bicyclic) bond motifs is 1. The van der Waals surface area contributed by atoms with Gasteiger partial charge in [0, 0.05) is 65.8 Å². The van der Waals surface area contributed by atoms with Crippen LogP contribution in [0.1, 0.15) is 24.0 Å². The molecule has 0 unspecified atom stereocenters. The summed E-state index contributed by atoms with van der Waals surface area (Å²) in [5, 5.41) is 3.21. The molecule has 9 nitrogen and oxygen atoms in total. The quantitative estimate of drug-likeness (QED) is 0.352. The van der Waals surface area contributed by atoms with Crippen LogP contribution in [0, 0.1) is 5.82 Å². The van der Waals surface area contributed by atoms with Gasteiger partial charge in [0.15, 0.2) is 0 Å². The van der Waals surface area contributed by atoms with Crippen LogP contribution in [-0.4, -0.2) is 69.5 Å². The normalized spacial score (nSPS) is 16.8. The highest BCUT2D eigenvalue weighted by Gasteiger charge is 2.28. The SMILES string of the molecule is CS(=O)(=O)N1CCC(Nc2ncc3c(n2)N(Cc2ccc(-c4cccc(S(=O)(=O)Cl)c4)cc2F)CC(C(F)F)=C3)CC1. The Labute approximate surface area is 246 Å². The van der Waals surface area contributed by atoms with Crippen LogP contribution in [0.4, 0.5) is 24.9 Å². The van der Waals surface area contributed by atoms with Gasteiger partial charge >= 0.3 is 0 Å². The highest BCUT2D eigenvalue weighted by molar-refractivity contribution is 8.13. The van der Waals surface area contributed by atoms with E-state index in [1.54, 1.807) is 17.0 Å². The first-order chi connectivity index (χ1) is 19.8. The molecule has 2 aliphatic rings. The molecule has 1 aromatic heterocycles. The first-order valence-corrected chi connectivity index (χ1v) is 17.1. The van der Waals surface area contributed by atoms with Crippen molar-refractivity contribution in [2.45, 2.75) is 36.7 Å². The number of aromatic nitrogens is 2. The van der Waals surface area contributed by atoms with Crippen LogP contribution >= 0.6 is 10.7 Å². The van der Waals surface area contributed by atoms with Crippen LogP contribution in [0.15, 0.2) is 59.1 Å². The lowest BCUT2D eigenvalue weighted by Crippen LogP contribution is -2.42. The molecule has 0 spiro atoms. The van der Waals surface area contributed by atoms with Gasteiger partial charge in [0.25, 0.3) is 15.5 Å². The van der Waals surface area contributed by atoms with E-state index in [2.05, 4.69) is 15.3 Å². The van der Waals surface area contributed by atoms with Crippen LogP contribution in [0.2, 0.25) is 0 Å². The van der Waals surface area contributed by atoms with Crippen LogP contribution in [-0.2, 0) is 25.6 Å². The Balaban J connectivity index is 1.38. The monoisotopic (exact) mass is 641 g/mol. The van der Waals surface area contributed by atoms with E-state index in [0.717, 1.165) is 0 Å². The zero-order valence-corrected chi connectivity index (χ0v) is 24.7. The second-order valence-corrected chi connectivity index (χ2v) is 14.7. The van der Waals surface area contributed by atoms with E-state index < -0.39 is 31.3 Å². The molecular formula is C27H27ClF3N5O4S2. The Morgan fingerprint density at radius 1 is 1.07 bits per heavy atom. The van der Waals surface area contributed by atoms with Crippen molar-refractivity contribution in [2.75, 3.05) is 36.1 Å². The first kappa shape index (κ1) is 30.3. The number of nitrogens with one attached hydrogen (secondary N) is 1. The zero-order chi connectivity index (χ0) is 30.2. The van der Waals surface area contributed by atoms with Crippen LogP contribution in [0.25, 0.3) is 17.2 Å². The van der Waals surface area contributed by atoms with Gasteiger partial charge in [0.2, 0.25) is 16.0 Å². The molecule has 0 aliphatic carbocycles. The summed E-state index contributed by atoms with van der Waals surface area (Å²) in [6, 6.07) is 10.1. The Hall–Kier alpha value is -3.20.